The summed E-state index contributed by atoms with van der Waals surface area (Å²) < 4.78 is 15.9. The minimum atomic E-state index is -0.347. The summed E-state index contributed by atoms with van der Waals surface area (Å²) in [5, 5.41) is 9.80. The number of benzene rings is 1. The molecule has 1 N–H and O–H groups in total. The molecule has 0 spiro atoms. The van der Waals surface area contributed by atoms with Gasteiger partial charge in [-0.3, -0.25) is 4.40 Å². The van der Waals surface area contributed by atoms with E-state index in [4.69, 9.17) is 0 Å². The summed E-state index contributed by atoms with van der Waals surface area (Å²) in [6.07, 6.45) is 1.73. The molecule has 0 radical (unpaired) electrons. The van der Waals surface area contributed by atoms with Crippen LogP contribution in [0, 0.1) is 5.82 Å². The predicted octanol–water partition coefficient (Wildman–Crippen LogP) is 3.61. The minimum Gasteiger partial charge on any atom is -0.506 e. The molecule has 3 rings (SSSR count). The molecule has 2 heterocycles. The largest absolute Gasteiger partial charge is 0.506 e. The van der Waals surface area contributed by atoms with Crippen molar-refractivity contribution in [2.24, 2.45) is 0 Å². The highest BCUT2D eigenvalue weighted by Crippen LogP contribution is 2.32. The lowest BCUT2D eigenvalue weighted by atomic mass is 10.2. The molecule has 0 saturated carbocycles. The Hall–Kier alpha value is -1.88. The van der Waals surface area contributed by atoms with Crippen LogP contribution >= 0.6 is 15.9 Å². The van der Waals surface area contributed by atoms with Crippen LogP contribution in [0.25, 0.3) is 16.9 Å². The summed E-state index contributed by atoms with van der Waals surface area (Å²) in [7, 11) is 0. The highest BCUT2D eigenvalue weighted by Gasteiger charge is 2.15. The second-order valence-corrected chi connectivity index (χ2v) is 4.57. The summed E-state index contributed by atoms with van der Waals surface area (Å²) >= 11 is 3.28. The molecule has 0 atom stereocenters. The van der Waals surface area contributed by atoms with Gasteiger partial charge in [-0.1, -0.05) is 12.1 Å². The molecule has 18 heavy (non-hydrogen) atoms. The van der Waals surface area contributed by atoms with E-state index in [2.05, 4.69) is 20.9 Å². The first-order chi connectivity index (χ1) is 8.68. The predicted molar refractivity (Wildman–Crippen MR) is 70.0 cm³/mol. The smallest absolute Gasteiger partial charge is 0.148 e. The molecule has 0 bridgehead atoms. The van der Waals surface area contributed by atoms with Gasteiger partial charge in [0.15, 0.2) is 0 Å². The van der Waals surface area contributed by atoms with Crippen molar-refractivity contribution < 1.29 is 9.50 Å². The molecule has 1 aromatic carbocycles. The molecule has 0 aliphatic carbocycles. The van der Waals surface area contributed by atoms with Crippen LogP contribution in [0.4, 0.5) is 4.39 Å². The van der Waals surface area contributed by atoms with Crippen LogP contribution in [0.5, 0.6) is 5.75 Å². The Labute approximate surface area is 111 Å². The Kier molecular flexibility index (Phi) is 2.56. The average Bonchev–Trinajstić information content (AvgIpc) is 2.69. The molecular weight excluding hydrogens is 299 g/mol. The molecule has 3 nitrogen and oxygen atoms in total. The van der Waals surface area contributed by atoms with Crippen LogP contribution < -0.4 is 0 Å². The van der Waals surface area contributed by atoms with Gasteiger partial charge in [-0.25, -0.2) is 9.37 Å². The van der Waals surface area contributed by atoms with Gasteiger partial charge in [-0.2, -0.15) is 0 Å². The van der Waals surface area contributed by atoms with Crippen molar-refractivity contribution in [1.82, 2.24) is 9.38 Å². The van der Waals surface area contributed by atoms with E-state index in [1.807, 2.05) is 0 Å². The van der Waals surface area contributed by atoms with Gasteiger partial charge in [0.05, 0.1) is 5.56 Å². The van der Waals surface area contributed by atoms with Crippen LogP contribution in [-0.4, -0.2) is 14.5 Å². The van der Waals surface area contributed by atoms with Crippen LogP contribution in [0.3, 0.4) is 0 Å². The zero-order valence-electron chi connectivity index (χ0n) is 9.14. The zero-order valence-corrected chi connectivity index (χ0v) is 10.7. The maximum atomic E-state index is 13.8. The lowest BCUT2D eigenvalue weighted by molar-refractivity contribution is 0.479. The van der Waals surface area contributed by atoms with Crippen molar-refractivity contribution in [1.29, 1.82) is 0 Å². The molecule has 0 aliphatic heterocycles. The van der Waals surface area contributed by atoms with E-state index in [-0.39, 0.29) is 11.6 Å². The van der Waals surface area contributed by atoms with E-state index in [9.17, 15) is 9.50 Å². The molecule has 0 aliphatic rings. The van der Waals surface area contributed by atoms with Gasteiger partial charge in [0.2, 0.25) is 0 Å². The first-order valence-corrected chi connectivity index (χ1v) is 6.08. The van der Waals surface area contributed by atoms with Crippen molar-refractivity contribution in [3.05, 3.63) is 53.0 Å². The quantitative estimate of drug-likeness (QED) is 0.746. The number of nitrogens with zero attached hydrogens (tertiary/aromatic N) is 2. The molecule has 0 amide bonds. The summed E-state index contributed by atoms with van der Waals surface area (Å²) in [6.45, 7) is 0. The van der Waals surface area contributed by atoms with Crippen LogP contribution in [0.1, 0.15) is 0 Å². The number of halogens is 2. The fourth-order valence-electron chi connectivity index (χ4n) is 1.91. The Balaban J connectivity index is 2.38. The van der Waals surface area contributed by atoms with Crippen molar-refractivity contribution in [2.75, 3.05) is 0 Å². The number of hydrogen-bond donors (Lipinski definition) is 1. The molecule has 0 fully saturated rings. The van der Waals surface area contributed by atoms with E-state index >= 15 is 0 Å². The second-order valence-electron chi connectivity index (χ2n) is 3.82. The molecule has 0 saturated heterocycles. The van der Waals surface area contributed by atoms with Crippen molar-refractivity contribution >= 4 is 21.4 Å². The molecular formula is C13H8BrFN2O. The van der Waals surface area contributed by atoms with E-state index in [0.29, 0.717) is 21.5 Å². The third-order valence-corrected chi connectivity index (χ3v) is 3.27. The molecule has 3 aromatic rings. The Morgan fingerprint density at radius 3 is 2.72 bits per heavy atom. The number of hydrogen-bond acceptors (Lipinski definition) is 2. The van der Waals surface area contributed by atoms with Gasteiger partial charge in [0.25, 0.3) is 0 Å². The van der Waals surface area contributed by atoms with Crippen molar-refractivity contribution in [3.63, 3.8) is 0 Å². The maximum Gasteiger partial charge on any atom is 0.148 e. The second kappa shape index (κ2) is 4.10. The summed E-state index contributed by atoms with van der Waals surface area (Å²) in [6, 6.07) is 9.65. The molecule has 90 valence electrons. The normalized spacial score (nSPS) is 11.0. The van der Waals surface area contributed by atoms with Crippen molar-refractivity contribution in [3.8, 4) is 17.1 Å². The fourth-order valence-corrected chi connectivity index (χ4v) is 2.47. The Bertz CT molecular complexity index is 739. The third-order valence-electron chi connectivity index (χ3n) is 2.72. The first-order valence-electron chi connectivity index (χ1n) is 5.29. The van der Waals surface area contributed by atoms with Gasteiger partial charge < -0.3 is 5.11 Å². The van der Waals surface area contributed by atoms with E-state index in [0.717, 1.165) is 0 Å². The minimum absolute atomic E-state index is 0.0967. The first kappa shape index (κ1) is 11.2. The highest BCUT2D eigenvalue weighted by molar-refractivity contribution is 9.10. The standard InChI is InChI=1S/C13H8BrFN2O/c14-12-11-10(18)6-3-7-17(11)13(16-12)8-4-1-2-5-9(8)15/h1-7,18H. The lowest BCUT2D eigenvalue weighted by Crippen LogP contribution is -1.91. The Morgan fingerprint density at radius 1 is 1.17 bits per heavy atom. The molecule has 5 heteroatoms. The zero-order chi connectivity index (χ0) is 12.7. The van der Waals surface area contributed by atoms with Gasteiger partial charge in [-0.15, -0.1) is 0 Å². The summed E-state index contributed by atoms with van der Waals surface area (Å²) in [5.74, 6) is 0.200. The van der Waals surface area contributed by atoms with E-state index in [1.54, 1.807) is 40.9 Å². The number of aromatic hydroxyl groups is 1. The summed E-state index contributed by atoms with van der Waals surface area (Å²) in [5.41, 5.74) is 0.916. The maximum absolute atomic E-state index is 13.8. The molecule has 2 aromatic heterocycles. The topological polar surface area (TPSA) is 37.5 Å². The number of pyridine rings is 1. The monoisotopic (exact) mass is 306 g/mol. The fraction of sp³-hybridized carbons (Fsp3) is 0. The van der Waals surface area contributed by atoms with Gasteiger partial charge in [0, 0.05) is 6.20 Å². The highest BCUT2D eigenvalue weighted by atomic mass is 79.9. The van der Waals surface area contributed by atoms with Crippen LogP contribution in [0.2, 0.25) is 0 Å². The van der Waals surface area contributed by atoms with Crippen molar-refractivity contribution in [2.45, 2.75) is 0 Å². The lowest BCUT2D eigenvalue weighted by Gasteiger charge is -2.03. The van der Waals surface area contributed by atoms with Gasteiger partial charge in [-0.05, 0) is 40.2 Å². The average molecular weight is 307 g/mol. The SMILES string of the molecule is Oc1cccn2c(-c3ccccc3F)nc(Br)c12. The van der Waals surface area contributed by atoms with Gasteiger partial charge in [0.1, 0.15) is 27.5 Å². The number of fused-ring (bicyclic) bond motifs is 1. The molecule has 0 unspecified atom stereocenters. The number of imidazole rings is 1. The van der Waals surface area contributed by atoms with E-state index in [1.165, 1.54) is 6.07 Å². The Morgan fingerprint density at radius 2 is 1.94 bits per heavy atom. The number of rotatable bonds is 1. The third kappa shape index (κ3) is 1.59. The van der Waals surface area contributed by atoms with Crippen LogP contribution in [-0.2, 0) is 0 Å². The van der Waals surface area contributed by atoms with E-state index < -0.39 is 0 Å². The summed E-state index contributed by atoms with van der Waals surface area (Å²) in [4.78, 5) is 4.26. The number of aromatic nitrogens is 2. The van der Waals surface area contributed by atoms with Gasteiger partial charge >= 0.3 is 0 Å². The van der Waals surface area contributed by atoms with Crippen LogP contribution in [0.15, 0.2) is 47.2 Å².